The molecule has 0 fully saturated rings. The molecule has 8 heteroatoms. The normalized spacial score (nSPS) is 11.3. The van der Waals surface area contributed by atoms with Crippen LogP contribution in [0, 0.1) is 6.92 Å². The minimum absolute atomic E-state index is 0.0225. The fraction of sp³-hybridized carbons (Fsp3) is 0.267. The van der Waals surface area contributed by atoms with Gasteiger partial charge in [0.2, 0.25) is 5.89 Å². The molecule has 0 aromatic carbocycles. The predicted octanol–water partition coefficient (Wildman–Crippen LogP) is 4.16. The van der Waals surface area contributed by atoms with Gasteiger partial charge in [-0.15, -0.1) is 21.5 Å². The van der Waals surface area contributed by atoms with Crippen LogP contribution >= 0.6 is 11.3 Å². The fourth-order valence-electron chi connectivity index (χ4n) is 1.89. The van der Waals surface area contributed by atoms with Crippen LogP contribution in [0.2, 0.25) is 0 Å². The summed E-state index contributed by atoms with van der Waals surface area (Å²) >= 11 is 1.69. The Labute approximate surface area is 135 Å². The first-order chi connectivity index (χ1) is 11.1. The maximum absolute atomic E-state index is 12.4. The largest absolute Gasteiger partial charge is 0.415 e. The number of thiophene rings is 1. The summed E-state index contributed by atoms with van der Waals surface area (Å²) in [5.74, 6) is -0.673. The first-order valence-electron chi connectivity index (χ1n) is 6.82. The van der Waals surface area contributed by atoms with Gasteiger partial charge in [0.25, 0.3) is 5.89 Å². The van der Waals surface area contributed by atoms with Gasteiger partial charge in [-0.05, 0) is 31.2 Å². The van der Waals surface area contributed by atoms with Crippen LogP contribution in [-0.4, -0.2) is 15.2 Å². The minimum atomic E-state index is -2.78. The van der Waals surface area contributed by atoms with Crippen molar-refractivity contribution in [3.05, 3.63) is 51.8 Å². The van der Waals surface area contributed by atoms with E-state index < -0.39 is 12.3 Å². The maximum Gasteiger partial charge on any atom is 0.314 e. The highest BCUT2D eigenvalue weighted by Crippen LogP contribution is 2.23. The van der Waals surface area contributed by atoms with Crippen molar-refractivity contribution >= 4 is 11.3 Å². The molecule has 0 amide bonds. The maximum atomic E-state index is 12.4. The van der Waals surface area contributed by atoms with E-state index in [4.69, 9.17) is 9.15 Å². The van der Waals surface area contributed by atoms with E-state index in [1.165, 1.54) is 11.1 Å². The van der Waals surface area contributed by atoms with Gasteiger partial charge >= 0.3 is 6.43 Å². The molecule has 0 radical (unpaired) electrons. The van der Waals surface area contributed by atoms with Gasteiger partial charge in [0.05, 0.1) is 24.5 Å². The van der Waals surface area contributed by atoms with Crippen LogP contribution in [0.15, 0.2) is 34.9 Å². The summed E-state index contributed by atoms with van der Waals surface area (Å²) in [4.78, 5) is 6.61. The number of hydrogen-bond acceptors (Lipinski definition) is 6. The van der Waals surface area contributed by atoms with Crippen molar-refractivity contribution < 1.29 is 17.9 Å². The van der Waals surface area contributed by atoms with Gasteiger partial charge in [-0.1, -0.05) is 0 Å². The Morgan fingerprint density at radius 1 is 1.17 bits per heavy atom. The van der Waals surface area contributed by atoms with Gasteiger partial charge in [-0.3, -0.25) is 4.98 Å². The van der Waals surface area contributed by atoms with E-state index in [9.17, 15) is 8.78 Å². The second-order valence-electron chi connectivity index (χ2n) is 4.79. The Balaban J connectivity index is 1.58. The molecule has 0 aliphatic rings. The number of pyridine rings is 1. The van der Waals surface area contributed by atoms with Crippen LogP contribution in [-0.2, 0) is 18.0 Å². The van der Waals surface area contributed by atoms with Crippen molar-refractivity contribution in [2.45, 2.75) is 26.6 Å². The third-order valence-corrected chi connectivity index (χ3v) is 3.96. The standard InChI is InChI=1S/C15H13F2N3O2S/c1-9-2-5-12(23-9)8-21-7-11-4-3-10(6-18-11)14-19-20-15(22-14)13(16)17/h2-6,13H,7-8H2,1H3. The van der Waals surface area contributed by atoms with Crippen LogP contribution in [0.3, 0.4) is 0 Å². The topological polar surface area (TPSA) is 61.0 Å². The summed E-state index contributed by atoms with van der Waals surface area (Å²) in [5.41, 5.74) is 1.22. The summed E-state index contributed by atoms with van der Waals surface area (Å²) < 4.78 is 35.3. The first kappa shape index (κ1) is 15.7. The second kappa shape index (κ2) is 6.93. The average Bonchev–Trinajstić information content (AvgIpc) is 3.17. The molecule has 5 nitrogen and oxygen atoms in total. The lowest BCUT2D eigenvalue weighted by Gasteiger charge is -2.03. The highest BCUT2D eigenvalue weighted by atomic mass is 32.1. The smallest absolute Gasteiger partial charge is 0.314 e. The SMILES string of the molecule is Cc1ccc(COCc2ccc(-c3nnc(C(F)F)o3)cn2)s1. The lowest BCUT2D eigenvalue weighted by atomic mass is 10.2. The zero-order valence-corrected chi connectivity index (χ0v) is 13.0. The van der Waals surface area contributed by atoms with Gasteiger partial charge < -0.3 is 9.15 Å². The zero-order valence-electron chi connectivity index (χ0n) is 12.2. The average molecular weight is 337 g/mol. The molecule has 0 spiro atoms. The lowest BCUT2D eigenvalue weighted by molar-refractivity contribution is 0.106. The van der Waals surface area contributed by atoms with Crippen molar-refractivity contribution in [2.75, 3.05) is 0 Å². The van der Waals surface area contributed by atoms with Crippen molar-refractivity contribution in [1.29, 1.82) is 0 Å². The Morgan fingerprint density at radius 3 is 2.65 bits per heavy atom. The number of aryl methyl sites for hydroxylation is 1. The van der Waals surface area contributed by atoms with Crippen LogP contribution < -0.4 is 0 Å². The lowest BCUT2D eigenvalue weighted by Crippen LogP contribution is -1.95. The molecule has 3 aromatic heterocycles. The van der Waals surface area contributed by atoms with Crippen LogP contribution in [0.4, 0.5) is 8.78 Å². The predicted molar refractivity (Wildman–Crippen MR) is 80.0 cm³/mol. The molecule has 0 unspecified atom stereocenters. The van der Waals surface area contributed by atoms with Gasteiger partial charge in [-0.25, -0.2) is 0 Å². The van der Waals surface area contributed by atoms with E-state index in [1.54, 1.807) is 23.5 Å². The molecule has 0 N–H and O–H groups in total. The van der Waals surface area contributed by atoms with E-state index in [1.807, 2.05) is 13.0 Å². The van der Waals surface area contributed by atoms with Gasteiger partial charge in [0.1, 0.15) is 0 Å². The van der Waals surface area contributed by atoms with Crippen molar-refractivity contribution in [2.24, 2.45) is 0 Å². The van der Waals surface area contributed by atoms with E-state index in [-0.39, 0.29) is 5.89 Å². The zero-order chi connectivity index (χ0) is 16.2. The molecule has 0 saturated heterocycles. The summed E-state index contributed by atoms with van der Waals surface area (Å²) in [6.07, 6.45) is -1.28. The monoisotopic (exact) mass is 337 g/mol. The Hall–Kier alpha value is -2.19. The van der Waals surface area contributed by atoms with Crippen molar-refractivity contribution in [1.82, 2.24) is 15.2 Å². The number of alkyl halides is 2. The quantitative estimate of drug-likeness (QED) is 0.676. The molecular weight excluding hydrogens is 324 g/mol. The molecule has 3 aromatic rings. The third kappa shape index (κ3) is 3.96. The molecule has 0 saturated carbocycles. The fourth-order valence-corrected chi connectivity index (χ4v) is 2.72. The molecule has 0 aliphatic carbocycles. The first-order valence-corrected chi connectivity index (χ1v) is 7.63. The molecule has 120 valence electrons. The molecule has 3 rings (SSSR count). The summed E-state index contributed by atoms with van der Waals surface area (Å²) in [6.45, 7) is 2.94. The number of nitrogens with zero attached hydrogens (tertiary/aromatic N) is 3. The van der Waals surface area contributed by atoms with E-state index >= 15 is 0 Å². The Bertz CT molecular complexity index is 771. The summed E-state index contributed by atoms with van der Waals surface area (Å²) in [6, 6.07) is 7.51. The van der Waals surface area contributed by atoms with Crippen LogP contribution in [0.1, 0.15) is 27.8 Å². The number of rotatable bonds is 6. The van der Waals surface area contributed by atoms with E-state index in [0.717, 1.165) is 10.6 Å². The van der Waals surface area contributed by atoms with E-state index in [0.29, 0.717) is 18.8 Å². The Morgan fingerprint density at radius 2 is 2.04 bits per heavy atom. The highest BCUT2D eigenvalue weighted by molar-refractivity contribution is 7.11. The Kier molecular flexibility index (Phi) is 4.73. The van der Waals surface area contributed by atoms with Crippen LogP contribution in [0.5, 0.6) is 0 Å². The van der Waals surface area contributed by atoms with Crippen molar-refractivity contribution in [3.8, 4) is 11.5 Å². The van der Waals surface area contributed by atoms with Crippen LogP contribution in [0.25, 0.3) is 11.5 Å². The van der Waals surface area contributed by atoms with Gasteiger partial charge in [-0.2, -0.15) is 8.78 Å². The molecule has 0 aliphatic heterocycles. The summed E-state index contributed by atoms with van der Waals surface area (Å²) in [7, 11) is 0. The summed E-state index contributed by atoms with van der Waals surface area (Å²) in [5, 5.41) is 6.86. The minimum Gasteiger partial charge on any atom is -0.415 e. The molecule has 0 atom stereocenters. The van der Waals surface area contributed by atoms with Gasteiger partial charge in [0, 0.05) is 16.0 Å². The number of ether oxygens (including phenoxy) is 1. The number of aromatic nitrogens is 3. The van der Waals surface area contributed by atoms with E-state index in [2.05, 4.69) is 21.2 Å². The molecular formula is C15H13F2N3O2S. The van der Waals surface area contributed by atoms with Gasteiger partial charge in [0.15, 0.2) is 0 Å². The number of hydrogen-bond donors (Lipinski definition) is 0. The third-order valence-electron chi connectivity index (χ3n) is 2.99. The molecule has 0 bridgehead atoms. The molecule has 3 heterocycles. The number of halogens is 2. The molecule has 23 heavy (non-hydrogen) atoms. The van der Waals surface area contributed by atoms with Crippen molar-refractivity contribution in [3.63, 3.8) is 0 Å². The highest BCUT2D eigenvalue weighted by Gasteiger charge is 2.17. The second-order valence-corrected chi connectivity index (χ2v) is 6.16.